The van der Waals surface area contributed by atoms with Gasteiger partial charge in [0.2, 0.25) is 0 Å². The minimum Gasteiger partial charge on any atom is -0.515 e. The highest BCUT2D eigenvalue weighted by Crippen LogP contribution is 2.21. The summed E-state index contributed by atoms with van der Waals surface area (Å²) in [5, 5.41) is 23.1. The first-order valence-corrected chi connectivity index (χ1v) is 10.2. The van der Waals surface area contributed by atoms with Crippen molar-refractivity contribution < 1.29 is 9.90 Å². The summed E-state index contributed by atoms with van der Waals surface area (Å²) in [5.41, 5.74) is 3.24. The van der Waals surface area contributed by atoms with Gasteiger partial charge in [0.25, 0.3) is 5.91 Å². The Morgan fingerprint density at radius 1 is 1.23 bits per heavy atom. The smallest absolute Gasteiger partial charge is 0.258 e. The first-order chi connectivity index (χ1) is 14.6. The van der Waals surface area contributed by atoms with Gasteiger partial charge in [0.1, 0.15) is 0 Å². The van der Waals surface area contributed by atoms with Gasteiger partial charge in [-0.1, -0.05) is 13.0 Å². The number of anilines is 2. The molecule has 2 aliphatic heterocycles. The van der Waals surface area contributed by atoms with Crippen molar-refractivity contribution in [1.82, 2.24) is 10.2 Å². The van der Waals surface area contributed by atoms with Gasteiger partial charge < -0.3 is 30.9 Å². The molecule has 0 spiro atoms. The van der Waals surface area contributed by atoms with Crippen LogP contribution in [0.3, 0.4) is 0 Å². The van der Waals surface area contributed by atoms with E-state index in [1.807, 2.05) is 36.4 Å². The number of amides is 1. The van der Waals surface area contributed by atoms with Crippen LogP contribution in [0.1, 0.15) is 6.92 Å². The van der Waals surface area contributed by atoms with Crippen LogP contribution in [0.5, 0.6) is 0 Å². The molecule has 0 radical (unpaired) electrons. The van der Waals surface area contributed by atoms with Crippen molar-refractivity contribution in [2.45, 2.75) is 6.92 Å². The molecule has 1 fully saturated rings. The molecule has 2 heterocycles. The summed E-state index contributed by atoms with van der Waals surface area (Å²) >= 11 is 0. The molecule has 1 aromatic rings. The van der Waals surface area contributed by atoms with Gasteiger partial charge in [0, 0.05) is 50.3 Å². The van der Waals surface area contributed by atoms with Gasteiger partial charge in [-0.3, -0.25) is 4.79 Å². The molecule has 0 aliphatic carbocycles. The van der Waals surface area contributed by atoms with Gasteiger partial charge in [-0.05, 0) is 60.3 Å². The van der Waals surface area contributed by atoms with Crippen molar-refractivity contribution in [3.8, 4) is 0 Å². The van der Waals surface area contributed by atoms with Crippen LogP contribution in [-0.4, -0.2) is 61.4 Å². The van der Waals surface area contributed by atoms with Crippen LogP contribution in [0.2, 0.25) is 0 Å². The maximum Gasteiger partial charge on any atom is 0.258 e. The van der Waals surface area contributed by atoms with Gasteiger partial charge in [0.05, 0.1) is 11.8 Å². The highest BCUT2D eigenvalue weighted by atomic mass is 16.2. The van der Waals surface area contributed by atoms with E-state index >= 15 is 0 Å². The number of likely N-dealkylation sites (N-methyl/N-ethyl adjacent to an activating group) is 1. The number of aliphatic hydroxyl groups is 1. The van der Waals surface area contributed by atoms with E-state index in [2.05, 4.69) is 27.4 Å². The quantitative estimate of drug-likeness (QED) is 0.241. The van der Waals surface area contributed by atoms with Crippen LogP contribution in [0.25, 0.3) is 0 Å². The van der Waals surface area contributed by atoms with Crippen molar-refractivity contribution in [1.29, 1.82) is 5.41 Å². The normalized spacial score (nSPS) is 17.9. The lowest BCUT2D eigenvalue weighted by Crippen LogP contribution is -2.46. The molecule has 0 bridgehead atoms. The van der Waals surface area contributed by atoms with E-state index in [1.54, 1.807) is 6.20 Å². The summed E-state index contributed by atoms with van der Waals surface area (Å²) in [6.45, 7) is 8.02. The maximum absolute atomic E-state index is 12.6. The van der Waals surface area contributed by atoms with E-state index in [4.69, 9.17) is 5.41 Å². The van der Waals surface area contributed by atoms with Crippen LogP contribution < -0.4 is 15.5 Å². The molecule has 30 heavy (non-hydrogen) atoms. The molecule has 2 aliphatic rings. The largest absolute Gasteiger partial charge is 0.515 e. The Morgan fingerprint density at radius 3 is 2.53 bits per heavy atom. The van der Waals surface area contributed by atoms with Crippen LogP contribution >= 0.6 is 0 Å². The van der Waals surface area contributed by atoms with Crippen molar-refractivity contribution >= 4 is 23.5 Å². The number of allylic oxidation sites excluding steroid dienone is 3. The van der Waals surface area contributed by atoms with E-state index in [-0.39, 0.29) is 5.57 Å². The number of carbonyl (C=O) groups excluding carboxylic acids is 1. The Labute approximate surface area is 177 Å². The number of dihydropyridines is 1. The van der Waals surface area contributed by atoms with E-state index in [0.29, 0.717) is 17.8 Å². The lowest BCUT2D eigenvalue weighted by atomic mass is 10.0. The molecule has 0 atom stereocenters. The number of benzene rings is 1. The third kappa shape index (κ3) is 5.39. The fourth-order valence-corrected chi connectivity index (χ4v) is 3.49. The summed E-state index contributed by atoms with van der Waals surface area (Å²) in [6.07, 6.45) is 8.98. The predicted octanol–water partition coefficient (Wildman–Crippen LogP) is 2.83. The van der Waals surface area contributed by atoms with Gasteiger partial charge in [-0.15, -0.1) is 0 Å². The molecule has 7 nitrogen and oxygen atoms in total. The standard InChI is InChI=1S/C23H29N5O2/c1-2-27-11-13-28(14-12-27)22-5-3-21(4-6-22)26-23(30)20(17-29)15-19(16-24)18-7-9-25-10-8-18/h3-9,15-17,24-25,29H,2,10-14H2,1H3,(H,26,30). The fraction of sp³-hybridized carbons (Fsp3) is 0.304. The Morgan fingerprint density at radius 2 is 1.97 bits per heavy atom. The van der Waals surface area contributed by atoms with E-state index in [9.17, 15) is 9.90 Å². The Bertz CT molecular complexity index is 875. The molecule has 3 rings (SSSR count). The Balaban J connectivity index is 1.64. The van der Waals surface area contributed by atoms with E-state index < -0.39 is 5.91 Å². The highest BCUT2D eigenvalue weighted by Gasteiger charge is 2.16. The fourth-order valence-electron chi connectivity index (χ4n) is 3.49. The highest BCUT2D eigenvalue weighted by molar-refractivity contribution is 6.06. The molecule has 1 saturated heterocycles. The van der Waals surface area contributed by atoms with Crippen LogP contribution in [0, 0.1) is 5.41 Å². The number of rotatable bonds is 7. The Kier molecular flexibility index (Phi) is 7.45. The number of nitrogens with one attached hydrogen (secondary N) is 3. The SMILES string of the molecule is CCN1CCN(c2ccc(NC(=O)C(=CO)C=C(C=N)C3=CCNC=C3)cc2)CC1. The zero-order valence-electron chi connectivity index (χ0n) is 17.3. The first kappa shape index (κ1) is 21.4. The van der Waals surface area contributed by atoms with Gasteiger partial charge >= 0.3 is 0 Å². The summed E-state index contributed by atoms with van der Waals surface area (Å²) < 4.78 is 0. The van der Waals surface area contributed by atoms with Gasteiger partial charge in [-0.2, -0.15) is 0 Å². The summed E-state index contributed by atoms with van der Waals surface area (Å²) in [4.78, 5) is 17.4. The van der Waals surface area contributed by atoms with Gasteiger partial charge in [0.15, 0.2) is 0 Å². The summed E-state index contributed by atoms with van der Waals surface area (Å²) in [5.74, 6) is -0.431. The predicted molar refractivity (Wildman–Crippen MR) is 122 cm³/mol. The van der Waals surface area contributed by atoms with Crippen molar-refractivity contribution in [3.05, 3.63) is 71.7 Å². The molecule has 0 unspecified atom stereocenters. The van der Waals surface area contributed by atoms with Crippen LogP contribution in [0.15, 0.2) is 71.7 Å². The summed E-state index contributed by atoms with van der Waals surface area (Å²) in [7, 11) is 0. The van der Waals surface area contributed by atoms with Crippen molar-refractivity contribution in [2.24, 2.45) is 0 Å². The van der Waals surface area contributed by atoms with Crippen LogP contribution in [-0.2, 0) is 4.79 Å². The number of piperazine rings is 1. The number of carbonyl (C=O) groups is 1. The molecule has 4 N–H and O–H groups in total. The molecule has 1 aromatic carbocycles. The molecular weight excluding hydrogens is 378 g/mol. The monoisotopic (exact) mass is 407 g/mol. The topological polar surface area (TPSA) is 91.7 Å². The molecule has 0 saturated carbocycles. The molecule has 0 aromatic heterocycles. The lowest BCUT2D eigenvalue weighted by Gasteiger charge is -2.35. The second kappa shape index (κ2) is 10.5. The lowest BCUT2D eigenvalue weighted by molar-refractivity contribution is -0.112. The number of hydrogen-bond acceptors (Lipinski definition) is 6. The van der Waals surface area contributed by atoms with E-state index in [0.717, 1.165) is 50.2 Å². The minimum absolute atomic E-state index is 0.0843. The van der Waals surface area contributed by atoms with E-state index in [1.165, 1.54) is 12.3 Å². The number of nitrogens with zero attached hydrogens (tertiary/aromatic N) is 2. The zero-order valence-corrected chi connectivity index (χ0v) is 17.3. The second-order valence-corrected chi connectivity index (χ2v) is 7.15. The molecule has 1 amide bonds. The second-order valence-electron chi connectivity index (χ2n) is 7.15. The van der Waals surface area contributed by atoms with Crippen LogP contribution in [0.4, 0.5) is 11.4 Å². The number of hydrogen-bond donors (Lipinski definition) is 4. The zero-order chi connectivity index (χ0) is 21.3. The third-order valence-electron chi connectivity index (χ3n) is 5.33. The molecule has 7 heteroatoms. The minimum atomic E-state index is -0.431. The maximum atomic E-state index is 12.6. The Hall–Kier alpha value is -3.32. The number of aliphatic hydroxyl groups excluding tert-OH is 1. The van der Waals surface area contributed by atoms with Crippen molar-refractivity contribution in [3.63, 3.8) is 0 Å². The third-order valence-corrected chi connectivity index (χ3v) is 5.33. The van der Waals surface area contributed by atoms with Crippen molar-refractivity contribution in [2.75, 3.05) is 49.5 Å². The average Bonchev–Trinajstić information content (AvgIpc) is 2.81. The molecule has 158 valence electrons. The average molecular weight is 408 g/mol. The van der Waals surface area contributed by atoms with Gasteiger partial charge in [-0.25, -0.2) is 0 Å². The first-order valence-electron chi connectivity index (χ1n) is 10.2. The molecular formula is C23H29N5O2. The summed E-state index contributed by atoms with van der Waals surface area (Å²) in [6, 6.07) is 7.74.